The first-order chi connectivity index (χ1) is 11.7. The zero-order chi connectivity index (χ0) is 16.7. The Morgan fingerprint density at radius 2 is 1.33 bits per heavy atom. The number of rotatable bonds is 2. The van der Waals surface area contributed by atoms with Crippen molar-refractivity contribution in [3.8, 4) is 5.75 Å². The van der Waals surface area contributed by atoms with Gasteiger partial charge in [-0.1, -0.05) is 79.7 Å². The van der Waals surface area contributed by atoms with Crippen molar-refractivity contribution < 1.29 is 5.11 Å². The van der Waals surface area contributed by atoms with Crippen molar-refractivity contribution in [2.45, 2.75) is 19.8 Å². The SMILES string of the molecule is Cc1cc(C(C)c2cccc3ccccc23)c(O)c2ccccc12. The van der Waals surface area contributed by atoms with E-state index in [0.717, 1.165) is 16.3 Å². The number of benzene rings is 4. The van der Waals surface area contributed by atoms with E-state index in [2.05, 4.69) is 68.4 Å². The molecule has 0 saturated carbocycles. The molecule has 4 rings (SSSR count). The third kappa shape index (κ3) is 2.25. The molecule has 1 nitrogen and oxygen atoms in total. The Bertz CT molecular complexity index is 1040. The average Bonchev–Trinajstić information content (AvgIpc) is 2.64. The molecule has 0 amide bonds. The van der Waals surface area contributed by atoms with Gasteiger partial charge >= 0.3 is 0 Å². The second-order valence-corrected chi connectivity index (χ2v) is 6.47. The summed E-state index contributed by atoms with van der Waals surface area (Å²) in [5, 5.41) is 15.4. The topological polar surface area (TPSA) is 20.2 Å². The van der Waals surface area contributed by atoms with Crippen molar-refractivity contribution in [2.75, 3.05) is 0 Å². The van der Waals surface area contributed by atoms with Gasteiger partial charge in [0.15, 0.2) is 0 Å². The number of hydrogen-bond acceptors (Lipinski definition) is 1. The normalized spacial score (nSPS) is 12.6. The molecule has 1 atom stereocenters. The van der Waals surface area contributed by atoms with E-state index in [0.29, 0.717) is 5.75 Å². The van der Waals surface area contributed by atoms with Crippen LogP contribution in [0.1, 0.15) is 29.5 Å². The molecule has 0 spiro atoms. The molecule has 0 radical (unpaired) electrons. The molecule has 4 aromatic rings. The molecule has 118 valence electrons. The van der Waals surface area contributed by atoms with E-state index in [-0.39, 0.29) is 5.92 Å². The van der Waals surface area contributed by atoms with Crippen LogP contribution in [-0.2, 0) is 0 Å². The van der Waals surface area contributed by atoms with Crippen LogP contribution in [-0.4, -0.2) is 5.11 Å². The summed E-state index contributed by atoms with van der Waals surface area (Å²) in [5.74, 6) is 0.524. The molecular weight excluding hydrogens is 292 g/mol. The predicted molar refractivity (Wildman–Crippen MR) is 102 cm³/mol. The Morgan fingerprint density at radius 1 is 0.708 bits per heavy atom. The Morgan fingerprint density at radius 3 is 2.12 bits per heavy atom. The number of aryl methyl sites for hydroxylation is 1. The second-order valence-electron chi connectivity index (χ2n) is 6.47. The summed E-state index contributed by atoms with van der Waals surface area (Å²) in [6.07, 6.45) is 0. The molecule has 24 heavy (non-hydrogen) atoms. The van der Waals surface area contributed by atoms with Crippen molar-refractivity contribution in [1.29, 1.82) is 0 Å². The molecule has 0 aromatic heterocycles. The van der Waals surface area contributed by atoms with Crippen molar-refractivity contribution in [1.82, 2.24) is 0 Å². The Kier molecular flexibility index (Phi) is 3.50. The first-order valence-corrected chi connectivity index (χ1v) is 8.35. The van der Waals surface area contributed by atoms with Crippen LogP contribution in [0.15, 0.2) is 72.8 Å². The number of fused-ring (bicyclic) bond motifs is 2. The monoisotopic (exact) mass is 312 g/mol. The van der Waals surface area contributed by atoms with Gasteiger partial charge < -0.3 is 5.11 Å². The van der Waals surface area contributed by atoms with Crippen molar-refractivity contribution in [3.63, 3.8) is 0 Å². The molecular formula is C23H20O. The maximum Gasteiger partial charge on any atom is 0.127 e. The van der Waals surface area contributed by atoms with Crippen LogP contribution in [0.3, 0.4) is 0 Å². The van der Waals surface area contributed by atoms with Gasteiger partial charge in [0.2, 0.25) is 0 Å². The van der Waals surface area contributed by atoms with Crippen LogP contribution < -0.4 is 0 Å². The minimum absolute atomic E-state index is 0.124. The van der Waals surface area contributed by atoms with E-state index < -0.39 is 0 Å². The lowest BCUT2D eigenvalue weighted by Gasteiger charge is -2.19. The summed E-state index contributed by atoms with van der Waals surface area (Å²) in [6.45, 7) is 4.28. The van der Waals surface area contributed by atoms with E-state index >= 15 is 0 Å². The molecule has 0 bridgehead atoms. The summed E-state index contributed by atoms with van der Waals surface area (Å²) < 4.78 is 0. The fourth-order valence-corrected chi connectivity index (χ4v) is 3.69. The lowest BCUT2D eigenvalue weighted by molar-refractivity contribution is 0.472. The highest BCUT2D eigenvalue weighted by atomic mass is 16.3. The highest BCUT2D eigenvalue weighted by molar-refractivity contribution is 5.93. The van der Waals surface area contributed by atoms with Gasteiger partial charge in [-0.25, -0.2) is 0 Å². The smallest absolute Gasteiger partial charge is 0.127 e. The summed E-state index contributed by atoms with van der Waals surface area (Å²) in [6, 6.07) is 25.0. The van der Waals surface area contributed by atoms with Crippen LogP contribution >= 0.6 is 0 Å². The molecule has 0 saturated heterocycles. The Labute approximate surface area is 142 Å². The predicted octanol–water partition coefficient (Wildman–Crippen LogP) is 6.16. The second kappa shape index (κ2) is 5.68. The Balaban J connectivity index is 1.95. The van der Waals surface area contributed by atoms with Gasteiger partial charge in [0, 0.05) is 16.9 Å². The van der Waals surface area contributed by atoms with Gasteiger partial charge in [-0.3, -0.25) is 0 Å². The van der Waals surface area contributed by atoms with E-state index in [4.69, 9.17) is 0 Å². The quantitative estimate of drug-likeness (QED) is 0.470. The third-order valence-electron chi connectivity index (χ3n) is 5.01. The molecule has 4 aromatic carbocycles. The number of hydrogen-bond donors (Lipinski definition) is 1. The molecule has 0 fully saturated rings. The average molecular weight is 312 g/mol. The van der Waals surface area contributed by atoms with Crippen molar-refractivity contribution in [2.24, 2.45) is 0 Å². The Hall–Kier alpha value is -2.80. The van der Waals surface area contributed by atoms with Gasteiger partial charge in [0.1, 0.15) is 5.75 Å². The van der Waals surface area contributed by atoms with E-state index in [1.54, 1.807) is 0 Å². The first-order valence-electron chi connectivity index (χ1n) is 8.35. The van der Waals surface area contributed by atoms with Crippen LogP contribution in [0.5, 0.6) is 5.75 Å². The summed E-state index contributed by atoms with van der Waals surface area (Å²) in [4.78, 5) is 0. The van der Waals surface area contributed by atoms with Crippen LogP contribution in [0.2, 0.25) is 0 Å². The first kappa shape index (κ1) is 14.8. The molecule has 1 unspecified atom stereocenters. The van der Waals surface area contributed by atoms with E-state index in [9.17, 15) is 5.11 Å². The van der Waals surface area contributed by atoms with Crippen LogP contribution in [0.25, 0.3) is 21.5 Å². The summed E-state index contributed by atoms with van der Waals surface area (Å²) in [7, 11) is 0. The highest BCUT2D eigenvalue weighted by Gasteiger charge is 2.18. The molecule has 0 aliphatic heterocycles. The van der Waals surface area contributed by atoms with Gasteiger partial charge in [-0.15, -0.1) is 0 Å². The molecule has 0 aliphatic carbocycles. The molecule has 1 heteroatoms. The standard InChI is InChI=1S/C23H20O/c1-15-14-22(23(24)21-12-6-5-10-18(15)21)16(2)19-13-7-9-17-8-3-4-11-20(17)19/h3-14,16,24H,1-2H3. The van der Waals surface area contributed by atoms with Gasteiger partial charge in [-0.05, 0) is 34.2 Å². The number of aromatic hydroxyl groups is 1. The lowest BCUT2D eigenvalue weighted by Crippen LogP contribution is -1.99. The van der Waals surface area contributed by atoms with Gasteiger partial charge in [0.05, 0.1) is 0 Å². The van der Waals surface area contributed by atoms with Gasteiger partial charge in [-0.2, -0.15) is 0 Å². The van der Waals surface area contributed by atoms with Crippen molar-refractivity contribution in [3.05, 3.63) is 89.5 Å². The number of phenolic OH excluding ortho intramolecular Hbond substituents is 1. The minimum atomic E-state index is 0.124. The lowest BCUT2D eigenvalue weighted by atomic mass is 9.86. The summed E-state index contributed by atoms with van der Waals surface area (Å²) in [5.41, 5.74) is 3.44. The number of phenols is 1. The fraction of sp³-hybridized carbons (Fsp3) is 0.130. The molecule has 0 aliphatic rings. The maximum atomic E-state index is 10.9. The van der Waals surface area contributed by atoms with Crippen LogP contribution in [0, 0.1) is 6.92 Å². The molecule has 1 N–H and O–H groups in total. The minimum Gasteiger partial charge on any atom is -0.507 e. The van der Waals surface area contributed by atoms with Crippen LogP contribution in [0.4, 0.5) is 0 Å². The highest BCUT2D eigenvalue weighted by Crippen LogP contribution is 2.39. The fourth-order valence-electron chi connectivity index (χ4n) is 3.69. The largest absolute Gasteiger partial charge is 0.507 e. The summed E-state index contributed by atoms with van der Waals surface area (Å²) >= 11 is 0. The zero-order valence-electron chi connectivity index (χ0n) is 14.0. The zero-order valence-corrected chi connectivity index (χ0v) is 14.0. The van der Waals surface area contributed by atoms with Crippen molar-refractivity contribution >= 4 is 21.5 Å². The van der Waals surface area contributed by atoms with Gasteiger partial charge in [0.25, 0.3) is 0 Å². The van der Waals surface area contributed by atoms with E-state index in [1.165, 1.54) is 21.9 Å². The maximum absolute atomic E-state index is 10.9. The molecule has 0 heterocycles. The van der Waals surface area contributed by atoms with E-state index in [1.807, 2.05) is 18.2 Å². The third-order valence-corrected chi connectivity index (χ3v) is 5.01.